The lowest BCUT2D eigenvalue weighted by Crippen LogP contribution is -2.23. The molecule has 1 N–H and O–H groups in total. The van der Waals surface area contributed by atoms with E-state index in [1.165, 1.54) is 28.9 Å². The molecule has 1 fully saturated rings. The molecule has 1 saturated heterocycles. The highest BCUT2D eigenvalue weighted by atomic mass is 32.2. The van der Waals surface area contributed by atoms with Crippen LogP contribution >= 0.6 is 11.8 Å². The van der Waals surface area contributed by atoms with Crippen LogP contribution in [0.25, 0.3) is 0 Å². The predicted molar refractivity (Wildman–Crippen MR) is 71.1 cm³/mol. The monoisotopic (exact) mass is 236 g/mol. The SMILES string of the molecule is Cc1cccc(C)c1CC(O)C1CCSC1. The van der Waals surface area contributed by atoms with Gasteiger partial charge in [-0.25, -0.2) is 0 Å². The first-order valence-electron chi connectivity index (χ1n) is 5.99. The van der Waals surface area contributed by atoms with Gasteiger partial charge in [-0.05, 0) is 60.8 Å². The van der Waals surface area contributed by atoms with Crippen molar-refractivity contribution < 1.29 is 5.11 Å². The van der Waals surface area contributed by atoms with Crippen LogP contribution in [-0.2, 0) is 6.42 Å². The number of aliphatic hydroxyl groups excluding tert-OH is 1. The minimum Gasteiger partial charge on any atom is -0.392 e. The van der Waals surface area contributed by atoms with E-state index in [1.807, 2.05) is 11.8 Å². The molecule has 0 amide bonds. The van der Waals surface area contributed by atoms with Crippen LogP contribution in [-0.4, -0.2) is 22.7 Å². The van der Waals surface area contributed by atoms with Crippen LogP contribution in [0.5, 0.6) is 0 Å². The molecule has 0 aromatic heterocycles. The van der Waals surface area contributed by atoms with Gasteiger partial charge < -0.3 is 5.11 Å². The van der Waals surface area contributed by atoms with Crippen molar-refractivity contribution in [2.75, 3.05) is 11.5 Å². The van der Waals surface area contributed by atoms with Crippen molar-refractivity contribution in [1.82, 2.24) is 0 Å². The lowest BCUT2D eigenvalue weighted by Gasteiger charge is -2.19. The highest BCUT2D eigenvalue weighted by Crippen LogP contribution is 2.28. The summed E-state index contributed by atoms with van der Waals surface area (Å²) in [7, 11) is 0. The van der Waals surface area contributed by atoms with E-state index in [0.29, 0.717) is 5.92 Å². The van der Waals surface area contributed by atoms with Gasteiger partial charge in [0.15, 0.2) is 0 Å². The first-order chi connectivity index (χ1) is 7.68. The van der Waals surface area contributed by atoms with E-state index >= 15 is 0 Å². The second-order valence-corrected chi connectivity index (χ2v) is 5.92. The Bertz CT molecular complexity index is 336. The molecule has 16 heavy (non-hydrogen) atoms. The van der Waals surface area contributed by atoms with Crippen LogP contribution < -0.4 is 0 Å². The van der Waals surface area contributed by atoms with Crippen LogP contribution in [0.2, 0.25) is 0 Å². The van der Waals surface area contributed by atoms with Crippen molar-refractivity contribution in [2.45, 2.75) is 32.8 Å². The third kappa shape index (κ3) is 2.61. The van der Waals surface area contributed by atoms with Crippen LogP contribution in [0.3, 0.4) is 0 Å². The van der Waals surface area contributed by atoms with E-state index in [4.69, 9.17) is 0 Å². The highest BCUT2D eigenvalue weighted by molar-refractivity contribution is 7.99. The van der Waals surface area contributed by atoms with E-state index in [0.717, 1.165) is 12.2 Å². The molecule has 1 aromatic carbocycles. The van der Waals surface area contributed by atoms with Crippen molar-refractivity contribution in [3.05, 3.63) is 34.9 Å². The first kappa shape index (κ1) is 12.0. The second-order valence-electron chi connectivity index (χ2n) is 4.77. The van der Waals surface area contributed by atoms with Crippen LogP contribution in [0, 0.1) is 19.8 Å². The Morgan fingerprint density at radius 2 is 2.06 bits per heavy atom. The molecule has 0 bridgehead atoms. The number of thioether (sulfide) groups is 1. The van der Waals surface area contributed by atoms with Crippen molar-refractivity contribution in [1.29, 1.82) is 0 Å². The fourth-order valence-electron chi connectivity index (χ4n) is 2.40. The highest BCUT2D eigenvalue weighted by Gasteiger charge is 2.24. The Morgan fingerprint density at radius 3 is 2.62 bits per heavy atom. The van der Waals surface area contributed by atoms with Gasteiger partial charge in [0.05, 0.1) is 6.10 Å². The first-order valence-corrected chi connectivity index (χ1v) is 7.15. The van der Waals surface area contributed by atoms with E-state index in [1.54, 1.807) is 0 Å². The predicted octanol–water partition coefficient (Wildman–Crippen LogP) is 2.96. The maximum Gasteiger partial charge on any atom is 0.0617 e. The molecule has 1 nitrogen and oxygen atoms in total. The molecule has 2 rings (SSSR count). The van der Waals surface area contributed by atoms with Crippen LogP contribution in [0.4, 0.5) is 0 Å². The molecule has 0 aliphatic carbocycles. The van der Waals surface area contributed by atoms with Gasteiger partial charge in [0.2, 0.25) is 0 Å². The van der Waals surface area contributed by atoms with Gasteiger partial charge in [-0.2, -0.15) is 11.8 Å². The maximum absolute atomic E-state index is 10.2. The quantitative estimate of drug-likeness (QED) is 0.870. The minimum absolute atomic E-state index is 0.158. The summed E-state index contributed by atoms with van der Waals surface area (Å²) >= 11 is 1.97. The number of benzene rings is 1. The summed E-state index contributed by atoms with van der Waals surface area (Å²) in [6.45, 7) is 4.27. The maximum atomic E-state index is 10.2. The Balaban J connectivity index is 2.07. The Morgan fingerprint density at radius 1 is 1.38 bits per heavy atom. The summed E-state index contributed by atoms with van der Waals surface area (Å²) < 4.78 is 0. The molecule has 1 aliphatic heterocycles. The number of hydrogen-bond donors (Lipinski definition) is 1. The summed E-state index contributed by atoms with van der Waals surface area (Å²) in [5.41, 5.74) is 3.96. The largest absolute Gasteiger partial charge is 0.392 e. The van der Waals surface area contributed by atoms with E-state index < -0.39 is 0 Å². The summed E-state index contributed by atoms with van der Waals surface area (Å²) in [4.78, 5) is 0. The standard InChI is InChI=1S/C14H20OS/c1-10-4-3-5-11(2)13(10)8-14(15)12-6-7-16-9-12/h3-5,12,14-15H,6-9H2,1-2H3. The zero-order chi connectivity index (χ0) is 11.5. The normalized spacial score (nSPS) is 22.3. The Hall–Kier alpha value is -0.470. The molecule has 1 heterocycles. The van der Waals surface area contributed by atoms with Crippen LogP contribution in [0.1, 0.15) is 23.1 Å². The van der Waals surface area contributed by atoms with Gasteiger partial charge in [0, 0.05) is 0 Å². The van der Waals surface area contributed by atoms with Gasteiger partial charge in [0.25, 0.3) is 0 Å². The molecule has 0 saturated carbocycles. The summed E-state index contributed by atoms with van der Waals surface area (Å²) in [6, 6.07) is 6.36. The smallest absolute Gasteiger partial charge is 0.0617 e. The van der Waals surface area contributed by atoms with Crippen molar-refractivity contribution >= 4 is 11.8 Å². The zero-order valence-corrected chi connectivity index (χ0v) is 10.9. The molecule has 0 spiro atoms. The molecular formula is C14H20OS. The van der Waals surface area contributed by atoms with Gasteiger partial charge in [-0.1, -0.05) is 18.2 Å². The van der Waals surface area contributed by atoms with Gasteiger partial charge in [-0.15, -0.1) is 0 Å². The molecule has 1 aromatic rings. The average Bonchev–Trinajstić information content (AvgIpc) is 2.76. The number of rotatable bonds is 3. The number of aliphatic hydroxyl groups is 1. The van der Waals surface area contributed by atoms with Crippen LogP contribution in [0.15, 0.2) is 18.2 Å². The molecule has 2 heteroatoms. The zero-order valence-electron chi connectivity index (χ0n) is 10.1. The molecule has 2 unspecified atom stereocenters. The lowest BCUT2D eigenvalue weighted by atomic mass is 9.91. The topological polar surface area (TPSA) is 20.2 Å². The minimum atomic E-state index is -0.158. The third-order valence-electron chi connectivity index (χ3n) is 3.57. The molecule has 0 radical (unpaired) electrons. The second kappa shape index (κ2) is 5.24. The van der Waals surface area contributed by atoms with E-state index in [9.17, 15) is 5.11 Å². The number of hydrogen-bond acceptors (Lipinski definition) is 2. The lowest BCUT2D eigenvalue weighted by molar-refractivity contribution is 0.120. The van der Waals surface area contributed by atoms with Gasteiger partial charge in [-0.3, -0.25) is 0 Å². The fourth-order valence-corrected chi connectivity index (χ4v) is 3.73. The fraction of sp³-hybridized carbons (Fsp3) is 0.571. The summed E-state index contributed by atoms with van der Waals surface area (Å²) in [5, 5.41) is 10.2. The Labute approximate surface area is 102 Å². The molecule has 88 valence electrons. The summed E-state index contributed by atoms with van der Waals surface area (Å²) in [5.74, 6) is 2.85. The number of aryl methyl sites for hydroxylation is 2. The molecule has 1 aliphatic rings. The van der Waals surface area contributed by atoms with E-state index in [2.05, 4.69) is 32.0 Å². The average molecular weight is 236 g/mol. The van der Waals surface area contributed by atoms with E-state index in [-0.39, 0.29) is 6.10 Å². The van der Waals surface area contributed by atoms with Crippen molar-refractivity contribution in [3.63, 3.8) is 0 Å². The third-order valence-corrected chi connectivity index (χ3v) is 4.76. The van der Waals surface area contributed by atoms with Crippen molar-refractivity contribution in [2.24, 2.45) is 5.92 Å². The van der Waals surface area contributed by atoms with Gasteiger partial charge in [0.1, 0.15) is 0 Å². The Kier molecular flexibility index (Phi) is 3.93. The molecular weight excluding hydrogens is 216 g/mol. The molecule has 2 atom stereocenters. The summed E-state index contributed by atoms with van der Waals surface area (Å²) in [6.07, 6.45) is 1.84. The van der Waals surface area contributed by atoms with Crippen molar-refractivity contribution in [3.8, 4) is 0 Å². The van der Waals surface area contributed by atoms with Gasteiger partial charge >= 0.3 is 0 Å².